The summed E-state index contributed by atoms with van der Waals surface area (Å²) in [5, 5.41) is 0. The number of carbonyl (C=O) groups excluding carboxylic acids is 1. The summed E-state index contributed by atoms with van der Waals surface area (Å²) in [6.45, 7) is 0.481. The van der Waals surface area contributed by atoms with Crippen LogP contribution in [-0.2, 0) is 16.6 Å². The van der Waals surface area contributed by atoms with E-state index >= 15 is 0 Å². The van der Waals surface area contributed by atoms with E-state index in [2.05, 4.69) is 20.7 Å². The van der Waals surface area contributed by atoms with Crippen LogP contribution >= 0.6 is 15.9 Å². The van der Waals surface area contributed by atoms with Crippen molar-refractivity contribution in [2.75, 3.05) is 11.8 Å². The number of hydrogen-bond acceptors (Lipinski definition) is 3. The molecule has 0 unspecified atom stereocenters. The van der Waals surface area contributed by atoms with Crippen LogP contribution in [0.3, 0.4) is 0 Å². The molecule has 0 spiro atoms. The molecule has 0 aliphatic carbocycles. The van der Waals surface area contributed by atoms with Gasteiger partial charge in [0.25, 0.3) is 15.9 Å². The Morgan fingerprint density at radius 3 is 2.14 bits per heavy atom. The van der Waals surface area contributed by atoms with Crippen molar-refractivity contribution in [3.63, 3.8) is 0 Å². The van der Waals surface area contributed by atoms with Crippen LogP contribution in [0, 0.1) is 0 Å². The number of sulfonamides is 1. The Morgan fingerprint density at radius 1 is 0.929 bits per heavy atom. The molecule has 0 saturated heterocycles. The molecule has 0 aliphatic heterocycles. The van der Waals surface area contributed by atoms with Gasteiger partial charge in [-0.3, -0.25) is 9.52 Å². The molecule has 1 amide bonds. The highest BCUT2D eigenvalue weighted by Gasteiger charge is 2.15. The number of anilines is 1. The van der Waals surface area contributed by atoms with Gasteiger partial charge in [-0.15, -0.1) is 0 Å². The molecule has 7 heteroatoms. The minimum absolute atomic E-state index is 0.139. The molecule has 3 aromatic carbocycles. The average molecular weight is 459 g/mol. The molecule has 1 N–H and O–H groups in total. The van der Waals surface area contributed by atoms with Gasteiger partial charge < -0.3 is 4.90 Å². The van der Waals surface area contributed by atoms with Gasteiger partial charge in [-0.05, 0) is 54.1 Å². The van der Waals surface area contributed by atoms with Crippen LogP contribution < -0.4 is 4.72 Å². The molecule has 0 fully saturated rings. The Balaban J connectivity index is 1.68. The standard InChI is InChI=1S/C21H19BrN2O3S/c1-24(15-16-7-11-18(22)12-8-16)21(25)17-9-13-19(14-10-17)23-28(26,27)20-5-3-2-4-6-20/h2-14,23H,15H2,1H3. The largest absolute Gasteiger partial charge is 0.337 e. The first-order valence-electron chi connectivity index (χ1n) is 8.53. The average Bonchev–Trinajstić information content (AvgIpc) is 2.70. The normalized spacial score (nSPS) is 11.1. The maximum Gasteiger partial charge on any atom is 0.261 e. The Labute approximate surface area is 173 Å². The van der Waals surface area contributed by atoms with Gasteiger partial charge in [-0.25, -0.2) is 8.42 Å². The van der Waals surface area contributed by atoms with Crippen LogP contribution in [0.1, 0.15) is 15.9 Å². The van der Waals surface area contributed by atoms with E-state index in [1.807, 2.05) is 24.3 Å². The monoisotopic (exact) mass is 458 g/mol. The molecule has 0 bridgehead atoms. The third-order valence-corrected chi connectivity index (χ3v) is 6.04. The van der Waals surface area contributed by atoms with Crippen LogP contribution in [0.4, 0.5) is 5.69 Å². The molecule has 3 aromatic rings. The predicted molar refractivity (Wildman–Crippen MR) is 114 cm³/mol. The van der Waals surface area contributed by atoms with Gasteiger partial charge >= 0.3 is 0 Å². The first-order chi connectivity index (χ1) is 13.3. The van der Waals surface area contributed by atoms with Crippen molar-refractivity contribution in [2.24, 2.45) is 0 Å². The first-order valence-corrected chi connectivity index (χ1v) is 10.8. The molecular weight excluding hydrogens is 440 g/mol. The number of nitrogens with zero attached hydrogens (tertiary/aromatic N) is 1. The van der Waals surface area contributed by atoms with E-state index in [9.17, 15) is 13.2 Å². The van der Waals surface area contributed by atoms with Crippen molar-refractivity contribution in [1.29, 1.82) is 0 Å². The summed E-state index contributed by atoms with van der Waals surface area (Å²) < 4.78 is 28.2. The second-order valence-corrected chi connectivity index (χ2v) is 8.88. The quantitative estimate of drug-likeness (QED) is 0.590. The molecule has 0 radical (unpaired) electrons. The molecular formula is C21H19BrN2O3S. The van der Waals surface area contributed by atoms with Crippen molar-refractivity contribution in [1.82, 2.24) is 4.90 Å². The Kier molecular flexibility index (Phi) is 6.16. The summed E-state index contributed by atoms with van der Waals surface area (Å²) in [7, 11) is -1.92. The lowest BCUT2D eigenvalue weighted by molar-refractivity contribution is 0.0785. The molecule has 144 valence electrons. The lowest BCUT2D eigenvalue weighted by Crippen LogP contribution is -2.26. The fourth-order valence-electron chi connectivity index (χ4n) is 2.65. The first kappa shape index (κ1) is 20.1. The van der Waals surface area contributed by atoms with E-state index in [-0.39, 0.29) is 10.8 Å². The molecule has 0 aliphatic rings. The van der Waals surface area contributed by atoms with Gasteiger partial charge in [0.2, 0.25) is 0 Å². The number of halogens is 1. The van der Waals surface area contributed by atoms with Gasteiger partial charge in [0.05, 0.1) is 4.90 Å². The SMILES string of the molecule is CN(Cc1ccc(Br)cc1)C(=O)c1ccc(NS(=O)(=O)c2ccccc2)cc1. The van der Waals surface area contributed by atoms with Gasteiger partial charge in [0, 0.05) is 29.3 Å². The van der Waals surface area contributed by atoms with E-state index in [1.54, 1.807) is 54.4 Å². The molecule has 28 heavy (non-hydrogen) atoms. The Hall–Kier alpha value is -2.64. The molecule has 0 saturated carbocycles. The fraction of sp³-hybridized carbons (Fsp3) is 0.0952. The molecule has 0 atom stereocenters. The number of nitrogens with one attached hydrogen (secondary N) is 1. The minimum atomic E-state index is -3.66. The number of rotatable bonds is 6. The van der Waals surface area contributed by atoms with Gasteiger partial charge in [-0.1, -0.05) is 46.3 Å². The van der Waals surface area contributed by atoms with Crippen molar-refractivity contribution in [3.8, 4) is 0 Å². The summed E-state index contributed by atoms with van der Waals surface area (Å²) >= 11 is 3.39. The highest BCUT2D eigenvalue weighted by Crippen LogP contribution is 2.18. The summed E-state index contributed by atoms with van der Waals surface area (Å²) in [6, 6.07) is 22.3. The highest BCUT2D eigenvalue weighted by molar-refractivity contribution is 9.10. The lowest BCUT2D eigenvalue weighted by Gasteiger charge is -2.18. The molecule has 0 aromatic heterocycles. The third kappa shape index (κ3) is 4.99. The van der Waals surface area contributed by atoms with E-state index in [1.165, 1.54) is 12.1 Å². The van der Waals surface area contributed by atoms with Gasteiger partial charge in [-0.2, -0.15) is 0 Å². The van der Waals surface area contributed by atoms with E-state index in [0.29, 0.717) is 17.8 Å². The summed E-state index contributed by atoms with van der Waals surface area (Å²) in [5.74, 6) is -0.139. The van der Waals surface area contributed by atoms with E-state index in [4.69, 9.17) is 0 Å². The summed E-state index contributed by atoms with van der Waals surface area (Å²) in [5.41, 5.74) is 1.91. The molecule has 5 nitrogen and oxygen atoms in total. The van der Waals surface area contributed by atoms with Crippen molar-refractivity contribution in [2.45, 2.75) is 11.4 Å². The molecule has 0 heterocycles. The predicted octanol–water partition coefficient (Wildman–Crippen LogP) is 4.52. The number of hydrogen-bond donors (Lipinski definition) is 1. The van der Waals surface area contributed by atoms with Crippen LogP contribution in [0.15, 0.2) is 88.2 Å². The zero-order valence-electron chi connectivity index (χ0n) is 15.2. The second-order valence-electron chi connectivity index (χ2n) is 6.28. The van der Waals surface area contributed by atoms with Crippen molar-refractivity contribution in [3.05, 3.63) is 94.5 Å². The lowest BCUT2D eigenvalue weighted by atomic mass is 10.1. The Morgan fingerprint density at radius 2 is 1.54 bits per heavy atom. The van der Waals surface area contributed by atoms with Crippen LogP contribution in [0.5, 0.6) is 0 Å². The van der Waals surface area contributed by atoms with Crippen LogP contribution in [0.25, 0.3) is 0 Å². The second kappa shape index (κ2) is 8.58. The maximum atomic E-state index is 12.6. The highest BCUT2D eigenvalue weighted by atomic mass is 79.9. The third-order valence-electron chi connectivity index (χ3n) is 4.12. The van der Waals surface area contributed by atoms with Gasteiger partial charge in [0.1, 0.15) is 0 Å². The smallest absolute Gasteiger partial charge is 0.261 e. The minimum Gasteiger partial charge on any atom is -0.337 e. The van der Waals surface area contributed by atoms with E-state index < -0.39 is 10.0 Å². The van der Waals surface area contributed by atoms with Crippen LogP contribution in [-0.4, -0.2) is 26.3 Å². The molecule has 3 rings (SSSR count). The van der Waals surface area contributed by atoms with Crippen molar-refractivity contribution >= 4 is 37.5 Å². The van der Waals surface area contributed by atoms with Gasteiger partial charge in [0.15, 0.2) is 0 Å². The number of carbonyl (C=O) groups is 1. The number of benzene rings is 3. The topological polar surface area (TPSA) is 66.5 Å². The van der Waals surface area contributed by atoms with Crippen LogP contribution in [0.2, 0.25) is 0 Å². The fourth-order valence-corrected chi connectivity index (χ4v) is 3.99. The van der Waals surface area contributed by atoms with Crippen molar-refractivity contribution < 1.29 is 13.2 Å². The number of amides is 1. The zero-order chi connectivity index (χ0) is 20.1. The maximum absolute atomic E-state index is 12.6. The zero-order valence-corrected chi connectivity index (χ0v) is 17.6. The van der Waals surface area contributed by atoms with E-state index in [0.717, 1.165) is 10.0 Å². The summed E-state index contributed by atoms with van der Waals surface area (Å²) in [6.07, 6.45) is 0. The summed E-state index contributed by atoms with van der Waals surface area (Å²) in [4.78, 5) is 14.4. The Bertz CT molecular complexity index is 1050.